The number of benzene rings is 1. The summed E-state index contributed by atoms with van der Waals surface area (Å²) in [6.45, 7) is 1.03. The second-order valence-corrected chi connectivity index (χ2v) is 7.09. The highest BCUT2D eigenvalue weighted by Crippen LogP contribution is 2.17. The van der Waals surface area contributed by atoms with Crippen molar-refractivity contribution >= 4 is 9.84 Å². The fraction of sp³-hybridized carbons (Fsp3) is 0.462. The highest BCUT2D eigenvalue weighted by molar-refractivity contribution is 7.91. The lowest BCUT2D eigenvalue weighted by Gasteiger charge is -2.09. The third-order valence-electron chi connectivity index (χ3n) is 3.18. The molecule has 0 amide bonds. The van der Waals surface area contributed by atoms with Gasteiger partial charge in [0.1, 0.15) is 5.82 Å². The van der Waals surface area contributed by atoms with Gasteiger partial charge in [0.05, 0.1) is 23.1 Å². The van der Waals surface area contributed by atoms with Gasteiger partial charge in [-0.3, -0.25) is 0 Å². The van der Waals surface area contributed by atoms with Gasteiger partial charge in [0.2, 0.25) is 0 Å². The van der Waals surface area contributed by atoms with Crippen molar-refractivity contribution in [1.29, 1.82) is 5.26 Å². The van der Waals surface area contributed by atoms with Crippen molar-refractivity contribution in [2.24, 2.45) is 5.92 Å². The highest BCUT2D eigenvalue weighted by Gasteiger charge is 2.27. The molecule has 0 aliphatic carbocycles. The monoisotopic (exact) mass is 282 g/mol. The van der Waals surface area contributed by atoms with E-state index in [9.17, 15) is 12.8 Å². The SMILES string of the molecule is N#Cc1cc(F)cc(CNCC2CCS(=O)(=O)C2)c1. The van der Waals surface area contributed by atoms with Crippen molar-refractivity contribution in [3.8, 4) is 6.07 Å². The number of rotatable bonds is 4. The van der Waals surface area contributed by atoms with Gasteiger partial charge in [0.15, 0.2) is 9.84 Å². The van der Waals surface area contributed by atoms with Crippen LogP contribution in [-0.2, 0) is 16.4 Å². The molecule has 1 N–H and O–H groups in total. The molecule has 0 aromatic heterocycles. The van der Waals surface area contributed by atoms with Gasteiger partial charge in [-0.2, -0.15) is 5.26 Å². The summed E-state index contributed by atoms with van der Waals surface area (Å²) in [5.74, 6) is 0.193. The number of nitriles is 1. The zero-order valence-corrected chi connectivity index (χ0v) is 11.2. The van der Waals surface area contributed by atoms with Gasteiger partial charge in [0, 0.05) is 6.54 Å². The Kier molecular flexibility index (Phi) is 4.17. The van der Waals surface area contributed by atoms with Crippen LogP contribution in [0.1, 0.15) is 17.5 Å². The van der Waals surface area contributed by atoms with Crippen LogP contribution in [-0.4, -0.2) is 26.5 Å². The third-order valence-corrected chi connectivity index (χ3v) is 5.01. The first-order valence-electron chi connectivity index (χ1n) is 6.09. The molecule has 102 valence electrons. The molecule has 1 heterocycles. The fourth-order valence-electron chi connectivity index (χ4n) is 2.27. The standard InChI is InChI=1S/C13H15FN2O2S/c14-13-4-11(6-15)3-12(5-13)8-16-7-10-1-2-19(17,18)9-10/h3-5,10,16H,1-2,7-9H2. The highest BCUT2D eigenvalue weighted by atomic mass is 32.2. The topological polar surface area (TPSA) is 70.0 Å². The van der Waals surface area contributed by atoms with E-state index in [1.54, 1.807) is 6.07 Å². The van der Waals surface area contributed by atoms with E-state index in [-0.39, 0.29) is 17.4 Å². The Labute approximate surface area is 112 Å². The molecule has 1 aliphatic rings. The molecule has 0 saturated carbocycles. The van der Waals surface area contributed by atoms with Crippen LogP contribution >= 0.6 is 0 Å². The number of halogens is 1. The van der Waals surface area contributed by atoms with Crippen molar-refractivity contribution in [3.63, 3.8) is 0 Å². The summed E-state index contributed by atoms with van der Waals surface area (Å²) in [6, 6.07) is 6.09. The van der Waals surface area contributed by atoms with Crippen molar-refractivity contribution < 1.29 is 12.8 Å². The normalized spacial score (nSPS) is 21.2. The minimum absolute atomic E-state index is 0.133. The minimum atomic E-state index is -2.85. The Hall–Kier alpha value is -1.45. The van der Waals surface area contributed by atoms with Crippen LogP contribution in [0, 0.1) is 23.1 Å². The molecule has 1 saturated heterocycles. The molecule has 1 aromatic rings. The van der Waals surface area contributed by atoms with Gasteiger partial charge in [-0.25, -0.2) is 12.8 Å². The van der Waals surface area contributed by atoms with E-state index in [1.165, 1.54) is 12.1 Å². The van der Waals surface area contributed by atoms with E-state index >= 15 is 0 Å². The largest absolute Gasteiger partial charge is 0.312 e. The molecule has 1 aliphatic heterocycles. The number of sulfone groups is 1. The van der Waals surface area contributed by atoms with E-state index in [0.29, 0.717) is 30.6 Å². The van der Waals surface area contributed by atoms with Crippen molar-refractivity contribution in [2.75, 3.05) is 18.1 Å². The first-order valence-corrected chi connectivity index (χ1v) is 7.91. The first-order chi connectivity index (χ1) is 8.98. The van der Waals surface area contributed by atoms with Crippen LogP contribution in [0.2, 0.25) is 0 Å². The summed E-state index contributed by atoms with van der Waals surface area (Å²) >= 11 is 0. The van der Waals surface area contributed by atoms with E-state index < -0.39 is 15.7 Å². The van der Waals surface area contributed by atoms with Gasteiger partial charge in [-0.05, 0) is 42.6 Å². The molecular formula is C13H15FN2O2S. The lowest BCUT2D eigenvalue weighted by atomic mass is 10.1. The molecule has 0 spiro atoms. The van der Waals surface area contributed by atoms with E-state index in [0.717, 1.165) is 0 Å². The van der Waals surface area contributed by atoms with Gasteiger partial charge in [-0.1, -0.05) is 0 Å². The lowest BCUT2D eigenvalue weighted by molar-refractivity contribution is 0.519. The molecule has 1 aromatic carbocycles. The third kappa shape index (κ3) is 4.01. The Morgan fingerprint density at radius 2 is 2.21 bits per heavy atom. The van der Waals surface area contributed by atoms with Crippen LogP contribution in [0.4, 0.5) is 4.39 Å². The number of nitrogens with zero attached hydrogens (tertiary/aromatic N) is 1. The molecule has 6 heteroatoms. The molecule has 0 bridgehead atoms. The van der Waals surface area contributed by atoms with Crippen LogP contribution in [0.5, 0.6) is 0 Å². The summed E-state index contributed by atoms with van der Waals surface area (Å²) < 4.78 is 35.8. The van der Waals surface area contributed by atoms with E-state index in [2.05, 4.69) is 5.32 Å². The predicted octanol–water partition coefficient (Wildman–Crippen LogP) is 1.22. The smallest absolute Gasteiger partial charge is 0.150 e. The lowest BCUT2D eigenvalue weighted by Crippen LogP contribution is -2.23. The van der Waals surface area contributed by atoms with Crippen molar-refractivity contribution in [3.05, 3.63) is 35.1 Å². The number of nitrogens with one attached hydrogen (secondary N) is 1. The summed E-state index contributed by atoms with van der Waals surface area (Å²) in [6.07, 6.45) is 0.682. The van der Waals surface area contributed by atoms with Crippen LogP contribution in [0.3, 0.4) is 0 Å². The Balaban J connectivity index is 1.87. The average Bonchev–Trinajstić information content (AvgIpc) is 2.68. The van der Waals surface area contributed by atoms with Gasteiger partial charge < -0.3 is 5.32 Å². The molecule has 2 rings (SSSR count). The molecule has 0 radical (unpaired) electrons. The summed E-state index contributed by atoms with van der Waals surface area (Å²) in [5.41, 5.74) is 0.984. The Bertz CT molecular complexity index is 608. The van der Waals surface area contributed by atoms with E-state index in [4.69, 9.17) is 5.26 Å². The van der Waals surface area contributed by atoms with Crippen LogP contribution in [0.15, 0.2) is 18.2 Å². The Morgan fingerprint density at radius 3 is 2.84 bits per heavy atom. The second kappa shape index (κ2) is 5.68. The van der Waals surface area contributed by atoms with Gasteiger partial charge in [0.25, 0.3) is 0 Å². The molecule has 4 nitrogen and oxygen atoms in total. The number of hydrogen-bond acceptors (Lipinski definition) is 4. The molecule has 19 heavy (non-hydrogen) atoms. The predicted molar refractivity (Wildman–Crippen MR) is 69.6 cm³/mol. The quantitative estimate of drug-likeness (QED) is 0.901. The maximum Gasteiger partial charge on any atom is 0.150 e. The van der Waals surface area contributed by atoms with Crippen LogP contribution < -0.4 is 5.32 Å². The maximum absolute atomic E-state index is 13.2. The Morgan fingerprint density at radius 1 is 1.42 bits per heavy atom. The molecular weight excluding hydrogens is 267 g/mol. The minimum Gasteiger partial charge on any atom is -0.312 e. The van der Waals surface area contributed by atoms with Crippen LogP contribution in [0.25, 0.3) is 0 Å². The average molecular weight is 282 g/mol. The van der Waals surface area contributed by atoms with Crippen molar-refractivity contribution in [1.82, 2.24) is 5.32 Å². The number of hydrogen-bond donors (Lipinski definition) is 1. The second-order valence-electron chi connectivity index (χ2n) is 4.86. The zero-order valence-electron chi connectivity index (χ0n) is 10.4. The van der Waals surface area contributed by atoms with Gasteiger partial charge >= 0.3 is 0 Å². The fourth-order valence-corrected chi connectivity index (χ4v) is 4.13. The first kappa shape index (κ1) is 14.0. The zero-order chi connectivity index (χ0) is 13.9. The van der Waals surface area contributed by atoms with Gasteiger partial charge in [-0.15, -0.1) is 0 Å². The summed E-state index contributed by atoms with van der Waals surface area (Å²) in [7, 11) is -2.85. The maximum atomic E-state index is 13.2. The summed E-state index contributed by atoms with van der Waals surface area (Å²) in [4.78, 5) is 0. The van der Waals surface area contributed by atoms with E-state index in [1.807, 2.05) is 6.07 Å². The van der Waals surface area contributed by atoms with Crippen molar-refractivity contribution in [2.45, 2.75) is 13.0 Å². The molecule has 1 unspecified atom stereocenters. The summed E-state index contributed by atoms with van der Waals surface area (Å²) in [5, 5.41) is 11.9. The molecule has 1 atom stereocenters. The molecule has 1 fully saturated rings.